The number of non-ortho nitro benzene ring substituents is 1. The molecular weight excluding hydrogens is 294 g/mol. The van der Waals surface area contributed by atoms with Crippen LogP contribution in [-0.2, 0) is 11.3 Å². The summed E-state index contributed by atoms with van der Waals surface area (Å²) >= 11 is 0. The topological polar surface area (TPSA) is 98.3 Å². The van der Waals surface area contributed by atoms with Crippen LogP contribution in [0.2, 0.25) is 0 Å². The van der Waals surface area contributed by atoms with Crippen LogP contribution < -0.4 is 11.1 Å². The number of carbonyl (C=O) groups excluding carboxylic acids is 1. The van der Waals surface area contributed by atoms with Crippen molar-refractivity contribution in [2.24, 2.45) is 23.5 Å². The van der Waals surface area contributed by atoms with Crippen LogP contribution in [0, 0.1) is 27.9 Å². The van der Waals surface area contributed by atoms with Gasteiger partial charge >= 0.3 is 0 Å². The minimum atomic E-state index is -0.424. The Hall–Kier alpha value is -1.95. The van der Waals surface area contributed by atoms with Gasteiger partial charge in [0.1, 0.15) is 0 Å². The zero-order valence-corrected chi connectivity index (χ0v) is 13.1. The molecule has 2 atom stereocenters. The maximum atomic E-state index is 12.4. The molecule has 0 heterocycles. The van der Waals surface area contributed by atoms with E-state index in [-0.39, 0.29) is 23.6 Å². The van der Waals surface area contributed by atoms with Gasteiger partial charge in [0.25, 0.3) is 5.69 Å². The van der Waals surface area contributed by atoms with Crippen LogP contribution in [0.5, 0.6) is 0 Å². The molecule has 0 spiro atoms. The highest BCUT2D eigenvalue weighted by Gasteiger charge is 2.40. The molecule has 1 aromatic rings. The molecule has 6 nitrogen and oxygen atoms in total. The highest BCUT2D eigenvalue weighted by atomic mass is 16.6. The second kappa shape index (κ2) is 6.66. The fourth-order valence-electron chi connectivity index (χ4n) is 4.07. The Labute approximate surface area is 135 Å². The molecule has 1 aromatic carbocycles. The number of nitrogens with one attached hydrogen (secondary N) is 1. The van der Waals surface area contributed by atoms with Crippen LogP contribution in [0.15, 0.2) is 24.3 Å². The minimum Gasteiger partial charge on any atom is -0.352 e. The van der Waals surface area contributed by atoms with Crippen molar-refractivity contribution in [1.29, 1.82) is 0 Å². The summed E-state index contributed by atoms with van der Waals surface area (Å²) in [5, 5.41) is 13.6. The zero-order chi connectivity index (χ0) is 16.4. The SMILES string of the molecule is NC1C2CCCC1CC(C(=O)NCc1ccc([N+](=O)[O-])cc1)C2. The molecule has 3 rings (SSSR count). The van der Waals surface area contributed by atoms with E-state index < -0.39 is 4.92 Å². The number of nitro benzene ring substituents is 1. The maximum Gasteiger partial charge on any atom is 0.269 e. The summed E-state index contributed by atoms with van der Waals surface area (Å²) in [6.07, 6.45) is 5.31. The summed E-state index contributed by atoms with van der Waals surface area (Å²) in [5.74, 6) is 1.12. The molecule has 124 valence electrons. The first-order valence-electron chi connectivity index (χ1n) is 8.31. The molecule has 0 aromatic heterocycles. The number of hydrogen-bond acceptors (Lipinski definition) is 4. The molecule has 0 radical (unpaired) electrons. The van der Waals surface area contributed by atoms with E-state index in [2.05, 4.69) is 5.32 Å². The first kappa shape index (κ1) is 15.9. The molecule has 6 heteroatoms. The number of benzene rings is 1. The number of nitrogens with zero attached hydrogens (tertiary/aromatic N) is 1. The van der Waals surface area contributed by atoms with Crippen molar-refractivity contribution in [3.63, 3.8) is 0 Å². The number of nitrogens with two attached hydrogens (primary N) is 1. The summed E-state index contributed by atoms with van der Waals surface area (Å²) in [6, 6.07) is 6.56. The molecule has 2 bridgehead atoms. The van der Waals surface area contributed by atoms with Gasteiger partial charge in [-0.1, -0.05) is 18.6 Å². The van der Waals surface area contributed by atoms with E-state index in [1.54, 1.807) is 12.1 Å². The van der Waals surface area contributed by atoms with Gasteiger partial charge in [-0.25, -0.2) is 0 Å². The molecule has 2 aliphatic rings. The largest absolute Gasteiger partial charge is 0.352 e. The lowest BCUT2D eigenvalue weighted by molar-refractivity contribution is -0.384. The van der Waals surface area contributed by atoms with Gasteiger partial charge < -0.3 is 11.1 Å². The number of hydrogen-bond donors (Lipinski definition) is 2. The van der Waals surface area contributed by atoms with Crippen molar-refractivity contribution in [2.75, 3.05) is 0 Å². The summed E-state index contributed by atoms with van der Waals surface area (Å²) in [5.41, 5.74) is 7.20. The normalized spacial score (nSPS) is 29.8. The van der Waals surface area contributed by atoms with Gasteiger partial charge in [0.15, 0.2) is 0 Å². The lowest BCUT2D eigenvalue weighted by atomic mass is 9.65. The first-order valence-corrected chi connectivity index (χ1v) is 8.31. The molecule has 1 amide bonds. The summed E-state index contributed by atoms with van der Waals surface area (Å²) in [6.45, 7) is 0.411. The highest BCUT2D eigenvalue weighted by Crippen LogP contribution is 2.41. The molecule has 0 saturated heterocycles. The lowest BCUT2D eigenvalue weighted by Gasteiger charge is -2.43. The second-order valence-electron chi connectivity index (χ2n) is 6.84. The van der Waals surface area contributed by atoms with Crippen molar-refractivity contribution in [2.45, 2.75) is 44.7 Å². The monoisotopic (exact) mass is 317 g/mol. The molecule has 2 saturated carbocycles. The number of amides is 1. The standard InChI is InChI=1S/C17H23N3O3/c18-16-12-2-1-3-13(16)9-14(8-12)17(21)19-10-11-4-6-15(7-5-11)20(22)23/h4-7,12-14,16H,1-3,8-10,18H2,(H,19,21). The van der Waals surface area contributed by atoms with Gasteiger partial charge in [0, 0.05) is 30.6 Å². The molecule has 2 unspecified atom stereocenters. The third-order valence-corrected chi connectivity index (χ3v) is 5.40. The van der Waals surface area contributed by atoms with Crippen LogP contribution in [0.3, 0.4) is 0 Å². The molecular formula is C17H23N3O3. The van der Waals surface area contributed by atoms with Crippen molar-refractivity contribution in [1.82, 2.24) is 5.32 Å². The average Bonchev–Trinajstić information content (AvgIpc) is 2.52. The number of carbonyl (C=O) groups is 1. The molecule has 2 aliphatic carbocycles. The Morgan fingerprint density at radius 1 is 1.22 bits per heavy atom. The molecule has 2 fully saturated rings. The average molecular weight is 317 g/mol. The molecule has 3 N–H and O–H groups in total. The Morgan fingerprint density at radius 2 is 1.83 bits per heavy atom. The fraction of sp³-hybridized carbons (Fsp3) is 0.588. The Morgan fingerprint density at radius 3 is 2.39 bits per heavy atom. The van der Waals surface area contributed by atoms with Crippen molar-refractivity contribution >= 4 is 11.6 Å². The van der Waals surface area contributed by atoms with Crippen LogP contribution in [0.4, 0.5) is 5.69 Å². The smallest absolute Gasteiger partial charge is 0.269 e. The van der Waals surface area contributed by atoms with Gasteiger partial charge in [-0.05, 0) is 43.1 Å². The Balaban J connectivity index is 1.54. The van der Waals surface area contributed by atoms with E-state index in [9.17, 15) is 14.9 Å². The van der Waals surface area contributed by atoms with Crippen molar-refractivity contribution in [3.8, 4) is 0 Å². The van der Waals surface area contributed by atoms with Gasteiger partial charge in [-0.15, -0.1) is 0 Å². The van der Waals surface area contributed by atoms with Crippen LogP contribution in [0.1, 0.15) is 37.7 Å². The van der Waals surface area contributed by atoms with E-state index in [1.165, 1.54) is 18.6 Å². The van der Waals surface area contributed by atoms with Gasteiger partial charge in [0.05, 0.1) is 4.92 Å². The second-order valence-corrected chi connectivity index (χ2v) is 6.84. The first-order chi connectivity index (χ1) is 11.0. The number of fused-ring (bicyclic) bond motifs is 2. The Kier molecular flexibility index (Phi) is 4.61. The van der Waals surface area contributed by atoms with E-state index in [0.717, 1.165) is 31.2 Å². The van der Waals surface area contributed by atoms with E-state index in [1.807, 2.05) is 0 Å². The predicted octanol–water partition coefficient (Wildman–Crippen LogP) is 2.36. The Bertz CT molecular complexity index is 573. The quantitative estimate of drug-likeness (QED) is 0.658. The minimum absolute atomic E-state index is 0.0585. The van der Waals surface area contributed by atoms with Crippen molar-refractivity contribution in [3.05, 3.63) is 39.9 Å². The summed E-state index contributed by atoms with van der Waals surface area (Å²) in [4.78, 5) is 22.6. The van der Waals surface area contributed by atoms with Crippen LogP contribution in [0.25, 0.3) is 0 Å². The van der Waals surface area contributed by atoms with Gasteiger partial charge in [-0.3, -0.25) is 14.9 Å². The van der Waals surface area contributed by atoms with E-state index >= 15 is 0 Å². The fourth-order valence-corrected chi connectivity index (χ4v) is 4.07. The lowest BCUT2D eigenvalue weighted by Crippen LogP contribution is -2.49. The van der Waals surface area contributed by atoms with E-state index in [0.29, 0.717) is 18.4 Å². The van der Waals surface area contributed by atoms with Gasteiger partial charge in [0.2, 0.25) is 5.91 Å². The number of nitro groups is 1. The van der Waals surface area contributed by atoms with Crippen LogP contribution in [-0.4, -0.2) is 16.9 Å². The predicted molar refractivity (Wildman–Crippen MR) is 86.5 cm³/mol. The summed E-state index contributed by atoms with van der Waals surface area (Å²) in [7, 11) is 0. The molecule has 23 heavy (non-hydrogen) atoms. The van der Waals surface area contributed by atoms with Crippen molar-refractivity contribution < 1.29 is 9.72 Å². The maximum absolute atomic E-state index is 12.4. The van der Waals surface area contributed by atoms with Crippen LogP contribution >= 0.6 is 0 Å². The third-order valence-electron chi connectivity index (χ3n) is 5.40. The molecule has 0 aliphatic heterocycles. The third kappa shape index (κ3) is 3.52. The summed E-state index contributed by atoms with van der Waals surface area (Å²) < 4.78 is 0. The highest BCUT2D eigenvalue weighted by molar-refractivity contribution is 5.78. The van der Waals surface area contributed by atoms with E-state index in [4.69, 9.17) is 5.73 Å². The zero-order valence-electron chi connectivity index (χ0n) is 13.1. The van der Waals surface area contributed by atoms with Gasteiger partial charge in [-0.2, -0.15) is 0 Å². The number of rotatable bonds is 4.